The van der Waals surface area contributed by atoms with Crippen LogP contribution >= 0.6 is 0 Å². The van der Waals surface area contributed by atoms with E-state index >= 15 is 0 Å². The molecule has 21 heavy (non-hydrogen) atoms. The van der Waals surface area contributed by atoms with Gasteiger partial charge in [-0.25, -0.2) is 8.78 Å². The van der Waals surface area contributed by atoms with E-state index in [1.54, 1.807) is 4.90 Å². The van der Waals surface area contributed by atoms with Gasteiger partial charge in [-0.3, -0.25) is 4.79 Å². The molecule has 0 bridgehead atoms. The summed E-state index contributed by atoms with van der Waals surface area (Å²) in [7, 11) is 0. The number of carbonyl (C=O) groups is 1. The van der Waals surface area contributed by atoms with Gasteiger partial charge in [0.05, 0.1) is 0 Å². The molecular formula is C16H20F2N2O. The average Bonchev–Trinajstić information content (AvgIpc) is 3.01. The van der Waals surface area contributed by atoms with Crippen LogP contribution in [-0.2, 0) is 0 Å². The van der Waals surface area contributed by atoms with Gasteiger partial charge >= 0.3 is 0 Å². The van der Waals surface area contributed by atoms with Crippen molar-refractivity contribution >= 4 is 5.91 Å². The van der Waals surface area contributed by atoms with E-state index in [2.05, 4.69) is 5.32 Å². The summed E-state index contributed by atoms with van der Waals surface area (Å²) in [4.78, 5) is 13.9. The summed E-state index contributed by atoms with van der Waals surface area (Å²) >= 11 is 0. The number of benzene rings is 1. The maximum Gasteiger partial charge on any atom is 0.259 e. The van der Waals surface area contributed by atoms with E-state index in [9.17, 15) is 13.6 Å². The molecule has 1 aromatic carbocycles. The maximum absolute atomic E-state index is 13.7. The third kappa shape index (κ3) is 2.93. The van der Waals surface area contributed by atoms with Crippen LogP contribution in [0.15, 0.2) is 18.2 Å². The lowest BCUT2D eigenvalue weighted by atomic mass is 9.88. The van der Waals surface area contributed by atoms with Gasteiger partial charge in [0.1, 0.15) is 17.2 Å². The topological polar surface area (TPSA) is 32.3 Å². The van der Waals surface area contributed by atoms with Crippen molar-refractivity contribution in [3.8, 4) is 0 Å². The molecule has 0 aromatic heterocycles. The third-order valence-corrected chi connectivity index (χ3v) is 4.67. The van der Waals surface area contributed by atoms with Crippen LogP contribution in [0, 0.1) is 17.6 Å². The lowest BCUT2D eigenvalue weighted by Gasteiger charge is -2.35. The zero-order chi connectivity index (χ0) is 14.8. The second-order valence-electron chi connectivity index (χ2n) is 5.93. The van der Waals surface area contributed by atoms with Crippen molar-refractivity contribution in [1.29, 1.82) is 0 Å². The maximum atomic E-state index is 13.7. The Bertz CT molecular complexity index is 501. The summed E-state index contributed by atoms with van der Waals surface area (Å²) in [6.45, 7) is 2.23. The highest BCUT2D eigenvalue weighted by Gasteiger charge is 2.31. The minimum Gasteiger partial charge on any atom is -0.338 e. The van der Waals surface area contributed by atoms with E-state index in [4.69, 9.17) is 0 Å². The summed E-state index contributed by atoms with van der Waals surface area (Å²) in [5.41, 5.74) is -0.421. The standard InChI is InChI=1S/C16H20F2N2O/c17-12-3-1-4-13(18)15(12)16(21)20-9-6-11(7-10-20)14-5-2-8-19-14/h1,3-4,11,14,19H,2,5-10H2. The first kappa shape index (κ1) is 14.4. The van der Waals surface area contributed by atoms with Gasteiger partial charge in [0.2, 0.25) is 0 Å². The summed E-state index contributed by atoms with van der Waals surface area (Å²) in [5, 5.41) is 3.50. The molecule has 1 atom stereocenters. The molecule has 2 aliphatic rings. The van der Waals surface area contributed by atoms with Gasteiger partial charge in [0, 0.05) is 19.1 Å². The molecule has 0 radical (unpaired) electrons. The summed E-state index contributed by atoms with van der Waals surface area (Å²) < 4.78 is 27.4. The van der Waals surface area contributed by atoms with E-state index in [0.717, 1.165) is 31.5 Å². The highest BCUT2D eigenvalue weighted by molar-refractivity contribution is 5.94. The number of rotatable bonds is 2. The van der Waals surface area contributed by atoms with Crippen LogP contribution in [0.3, 0.4) is 0 Å². The van der Waals surface area contributed by atoms with Crippen molar-refractivity contribution in [3.05, 3.63) is 35.4 Å². The highest BCUT2D eigenvalue weighted by Crippen LogP contribution is 2.27. The quantitative estimate of drug-likeness (QED) is 0.909. The van der Waals surface area contributed by atoms with E-state index < -0.39 is 23.1 Å². The molecular weight excluding hydrogens is 274 g/mol. The molecule has 2 aliphatic heterocycles. The van der Waals surface area contributed by atoms with E-state index in [0.29, 0.717) is 25.0 Å². The van der Waals surface area contributed by atoms with Gasteiger partial charge in [0.15, 0.2) is 0 Å². The third-order valence-electron chi connectivity index (χ3n) is 4.67. The van der Waals surface area contributed by atoms with E-state index in [1.807, 2.05) is 0 Å². The Morgan fingerprint density at radius 3 is 2.38 bits per heavy atom. The Balaban J connectivity index is 1.65. The zero-order valence-corrected chi connectivity index (χ0v) is 11.9. The average molecular weight is 294 g/mol. The van der Waals surface area contributed by atoms with Crippen LogP contribution in [0.25, 0.3) is 0 Å². The van der Waals surface area contributed by atoms with Gasteiger partial charge in [-0.2, -0.15) is 0 Å². The number of piperidine rings is 1. The molecule has 114 valence electrons. The van der Waals surface area contributed by atoms with Gasteiger partial charge < -0.3 is 10.2 Å². The molecule has 2 heterocycles. The Kier molecular flexibility index (Phi) is 4.19. The van der Waals surface area contributed by atoms with Crippen molar-refractivity contribution in [1.82, 2.24) is 10.2 Å². The van der Waals surface area contributed by atoms with Crippen LogP contribution in [0.4, 0.5) is 8.78 Å². The number of hydrogen-bond donors (Lipinski definition) is 1. The monoisotopic (exact) mass is 294 g/mol. The molecule has 5 heteroatoms. The number of halogens is 2. The molecule has 1 aromatic rings. The molecule has 1 amide bonds. The number of amides is 1. The second-order valence-corrected chi connectivity index (χ2v) is 5.93. The van der Waals surface area contributed by atoms with Crippen molar-refractivity contribution in [2.45, 2.75) is 31.7 Å². The second kappa shape index (κ2) is 6.10. The fourth-order valence-corrected chi connectivity index (χ4v) is 3.48. The predicted octanol–water partition coefficient (Wildman–Crippen LogP) is 2.57. The Labute approximate surface area is 123 Å². The van der Waals surface area contributed by atoms with E-state index in [-0.39, 0.29) is 0 Å². The molecule has 3 rings (SSSR count). The normalized spacial score (nSPS) is 23.5. The first-order valence-electron chi connectivity index (χ1n) is 7.63. The fraction of sp³-hybridized carbons (Fsp3) is 0.562. The largest absolute Gasteiger partial charge is 0.338 e. The van der Waals surface area contributed by atoms with Crippen LogP contribution in [0.5, 0.6) is 0 Å². The minimum atomic E-state index is -0.778. The van der Waals surface area contributed by atoms with Crippen molar-refractivity contribution < 1.29 is 13.6 Å². The number of likely N-dealkylation sites (tertiary alicyclic amines) is 1. The van der Waals surface area contributed by atoms with Gasteiger partial charge in [-0.05, 0) is 50.3 Å². The fourth-order valence-electron chi connectivity index (χ4n) is 3.48. The van der Waals surface area contributed by atoms with Gasteiger partial charge in [0.25, 0.3) is 5.91 Å². The number of nitrogens with zero attached hydrogens (tertiary/aromatic N) is 1. The molecule has 0 saturated carbocycles. The van der Waals surface area contributed by atoms with Crippen molar-refractivity contribution in [3.63, 3.8) is 0 Å². The van der Waals surface area contributed by atoms with Crippen LogP contribution in [-0.4, -0.2) is 36.5 Å². The number of nitrogens with one attached hydrogen (secondary N) is 1. The lowest BCUT2D eigenvalue weighted by molar-refractivity contribution is 0.0664. The molecule has 1 N–H and O–H groups in total. The van der Waals surface area contributed by atoms with Crippen LogP contribution in [0.1, 0.15) is 36.0 Å². The lowest BCUT2D eigenvalue weighted by Crippen LogP contribution is -2.43. The van der Waals surface area contributed by atoms with Crippen molar-refractivity contribution in [2.24, 2.45) is 5.92 Å². The molecule has 0 aliphatic carbocycles. The van der Waals surface area contributed by atoms with Gasteiger partial charge in [-0.15, -0.1) is 0 Å². The van der Waals surface area contributed by atoms with Crippen molar-refractivity contribution in [2.75, 3.05) is 19.6 Å². The Morgan fingerprint density at radius 1 is 1.14 bits per heavy atom. The predicted molar refractivity (Wildman–Crippen MR) is 76.0 cm³/mol. The van der Waals surface area contributed by atoms with Gasteiger partial charge in [-0.1, -0.05) is 6.07 Å². The summed E-state index contributed by atoms with van der Waals surface area (Å²) in [6, 6.07) is 4.09. The molecule has 2 fully saturated rings. The summed E-state index contributed by atoms with van der Waals surface area (Å²) in [5.74, 6) is -1.51. The Morgan fingerprint density at radius 2 is 1.81 bits per heavy atom. The smallest absolute Gasteiger partial charge is 0.259 e. The first-order chi connectivity index (χ1) is 10.2. The minimum absolute atomic E-state index is 0.421. The van der Waals surface area contributed by atoms with Crippen LogP contribution in [0.2, 0.25) is 0 Å². The highest BCUT2D eigenvalue weighted by atomic mass is 19.1. The first-order valence-corrected chi connectivity index (χ1v) is 7.63. The molecule has 0 spiro atoms. The number of carbonyl (C=O) groups excluding carboxylic acids is 1. The molecule has 2 saturated heterocycles. The summed E-state index contributed by atoms with van der Waals surface area (Å²) in [6.07, 6.45) is 4.21. The van der Waals surface area contributed by atoms with E-state index in [1.165, 1.54) is 18.9 Å². The Hall–Kier alpha value is -1.49. The van der Waals surface area contributed by atoms with Crippen LogP contribution < -0.4 is 5.32 Å². The molecule has 1 unspecified atom stereocenters. The number of hydrogen-bond acceptors (Lipinski definition) is 2. The molecule has 3 nitrogen and oxygen atoms in total. The SMILES string of the molecule is O=C(c1c(F)cccc1F)N1CCC(C2CCCN2)CC1. The zero-order valence-electron chi connectivity index (χ0n) is 11.9.